The summed E-state index contributed by atoms with van der Waals surface area (Å²) in [6, 6.07) is 4.65. The fourth-order valence-corrected chi connectivity index (χ4v) is 2.36. The smallest absolute Gasteiger partial charge is 0.0494 e. The van der Waals surface area contributed by atoms with Crippen LogP contribution in [0.4, 0.5) is 0 Å². The van der Waals surface area contributed by atoms with Crippen LogP contribution in [0.2, 0.25) is 0 Å². The predicted octanol–water partition coefficient (Wildman–Crippen LogP) is 1.77. The average molecular weight is 209 g/mol. The number of thiophene rings is 1. The summed E-state index contributed by atoms with van der Waals surface area (Å²) >= 11 is 1.78. The maximum Gasteiger partial charge on any atom is 0.0494 e. The molecule has 0 saturated heterocycles. The largest absolute Gasteiger partial charge is 0.396 e. The summed E-state index contributed by atoms with van der Waals surface area (Å²) in [5.41, 5.74) is 0. The van der Waals surface area contributed by atoms with Crippen molar-refractivity contribution in [3.8, 4) is 0 Å². The van der Waals surface area contributed by atoms with Crippen molar-refractivity contribution in [2.75, 3.05) is 6.61 Å². The maximum absolute atomic E-state index is 8.96. The summed E-state index contributed by atoms with van der Waals surface area (Å²) in [5.74, 6) is 0.357. The van der Waals surface area contributed by atoms with Crippen LogP contribution in [-0.2, 0) is 6.54 Å². The van der Waals surface area contributed by atoms with E-state index in [1.165, 1.54) is 4.88 Å². The monoisotopic (exact) mass is 209 g/mol. The Balaban J connectivity index is 1.75. The molecule has 2 rings (SSSR count). The molecule has 2 unspecified atom stereocenters. The number of hydrogen-bond donors (Lipinski definition) is 2. The van der Waals surface area contributed by atoms with E-state index in [1.54, 1.807) is 11.3 Å². The molecule has 0 aromatic carbocycles. The first kappa shape index (κ1) is 9.90. The molecule has 76 valence electrons. The second-order valence-electron chi connectivity index (χ2n) is 3.63. The molecule has 0 saturated carbocycles. The van der Waals surface area contributed by atoms with Gasteiger partial charge in [-0.25, -0.2) is 0 Å². The first-order chi connectivity index (χ1) is 6.88. The van der Waals surface area contributed by atoms with Crippen LogP contribution in [0.3, 0.4) is 0 Å². The van der Waals surface area contributed by atoms with Gasteiger partial charge in [0.05, 0.1) is 0 Å². The fraction of sp³-hybridized carbons (Fsp3) is 0.455. The molecule has 2 N–H and O–H groups in total. The molecule has 1 aliphatic carbocycles. The fourth-order valence-electron chi connectivity index (χ4n) is 1.71. The lowest BCUT2D eigenvalue weighted by Gasteiger charge is -2.11. The Hall–Kier alpha value is -0.640. The van der Waals surface area contributed by atoms with Gasteiger partial charge in [0.15, 0.2) is 0 Å². The summed E-state index contributed by atoms with van der Waals surface area (Å²) < 4.78 is 0. The maximum atomic E-state index is 8.96. The van der Waals surface area contributed by atoms with E-state index < -0.39 is 0 Å². The van der Waals surface area contributed by atoms with Gasteiger partial charge in [-0.3, -0.25) is 0 Å². The van der Waals surface area contributed by atoms with Gasteiger partial charge in [-0.2, -0.15) is 0 Å². The predicted molar refractivity (Wildman–Crippen MR) is 59.3 cm³/mol. The van der Waals surface area contributed by atoms with Crippen molar-refractivity contribution in [2.24, 2.45) is 5.92 Å². The molecule has 1 aromatic rings. The molecule has 0 fully saturated rings. The molecular formula is C11H15NOS. The highest BCUT2D eigenvalue weighted by atomic mass is 32.1. The lowest BCUT2D eigenvalue weighted by Crippen LogP contribution is -2.25. The third-order valence-electron chi connectivity index (χ3n) is 2.53. The SMILES string of the molecule is OCC1C=CC(NCc2cccs2)C1. The van der Waals surface area contributed by atoms with E-state index in [4.69, 9.17) is 5.11 Å². The molecule has 1 aliphatic rings. The van der Waals surface area contributed by atoms with Crippen molar-refractivity contribution in [1.82, 2.24) is 5.32 Å². The summed E-state index contributed by atoms with van der Waals surface area (Å²) in [5, 5.41) is 14.5. The first-order valence-corrected chi connectivity index (χ1v) is 5.81. The number of rotatable bonds is 4. The Morgan fingerprint density at radius 3 is 3.07 bits per heavy atom. The van der Waals surface area contributed by atoms with Crippen molar-refractivity contribution in [3.05, 3.63) is 34.5 Å². The van der Waals surface area contributed by atoms with Crippen molar-refractivity contribution in [1.29, 1.82) is 0 Å². The zero-order valence-electron chi connectivity index (χ0n) is 8.02. The standard InChI is InChI=1S/C11H15NOS/c13-8-9-3-4-10(6-9)12-7-11-2-1-5-14-11/h1-5,9-10,12-13H,6-8H2. The quantitative estimate of drug-likeness (QED) is 0.741. The highest BCUT2D eigenvalue weighted by molar-refractivity contribution is 7.09. The van der Waals surface area contributed by atoms with E-state index >= 15 is 0 Å². The highest BCUT2D eigenvalue weighted by Crippen LogP contribution is 2.18. The van der Waals surface area contributed by atoms with Crippen molar-refractivity contribution in [2.45, 2.75) is 19.0 Å². The molecule has 0 amide bonds. The van der Waals surface area contributed by atoms with Gasteiger partial charge in [-0.05, 0) is 17.9 Å². The summed E-state index contributed by atoms with van der Waals surface area (Å²) in [7, 11) is 0. The van der Waals surface area contributed by atoms with Crippen molar-refractivity contribution >= 4 is 11.3 Å². The zero-order valence-corrected chi connectivity index (χ0v) is 8.83. The van der Waals surface area contributed by atoms with Gasteiger partial charge >= 0.3 is 0 Å². The summed E-state index contributed by atoms with van der Waals surface area (Å²) in [4.78, 5) is 1.37. The third kappa shape index (κ3) is 2.44. The van der Waals surface area contributed by atoms with Crippen molar-refractivity contribution < 1.29 is 5.11 Å². The van der Waals surface area contributed by atoms with Gasteiger partial charge in [0.2, 0.25) is 0 Å². The van der Waals surface area contributed by atoms with Gasteiger partial charge in [0, 0.05) is 30.0 Å². The minimum absolute atomic E-state index is 0.272. The van der Waals surface area contributed by atoms with Crippen LogP contribution >= 0.6 is 11.3 Å². The lowest BCUT2D eigenvalue weighted by molar-refractivity contribution is 0.246. The molecular weight excluding hydrogens is 194 g/mol. The van der Waals surface area contributed by atoms with Crippen LogP contribution in [0.5, 0.6) is 0 Å². The molecule has 0 aliphatic heterocycles. The Kier molecular flexibility index (Phi) is 3.35. The van der Waals surface area contributed by atoms with Gasteiger partial charge < -0.3 is 10.4 Å². The number of nitrogens with one attached hydrogen (secondary N) is 1. The Labute approximate surface area is 88.3 Å². The van der Waals surface area contributed by atoms with E-state index in [9.17, 15) is 0 Å². The summed E-state index contributed by atoms with van der Waals surface area (Å²) in [6.07, 6.45) is 5.29. The van der Waals surface area contributed by atoms with E-state index in [1.807, 2.05) is 0 Å². The first-order valence-electron chi connectivity index (χ1n) is 4.93. The molecule has 1 aromatic heterocycles. The van der Waals surface area contributed by atoms with E-state index in [0.717, 1.165) is 13.0 Å². The minimum Gasteiger partial charge on any atom is -0.396 e. The van der Waals surface area contributed by atoms with Crippen LogP contribution < -0.4 is 5.32 Å². The van der Waals surface area contributed by atoms with Crippen LogP contribution in [0, 0.1) is 5.92 Å². The Morgan fingerprint density at radius 2 is 2.43 bits per heavy atom. The molecule has 3 heteroatoms. The number of aliphatic hydroxyl groups is 1. The van der Waals surface area contributed by atoms with E-state index in [-0.39, 0.29) is 6.61 Å². The normalized spacial score (nSPS) is 25.8. The third-order valence-corrected chi connectivity index (χ3v) is 3.40. The number of aliphatic hydroxyl groups excluding tert-OH is 1. The van der Waals surface area contributed by atoms with Crippen LogP contribution in [0.1, 0.15) is 11.3 Å². The molecule has 2 nitrogen and oxygen atoms in total. The average Bonchev–Trinajstić information content (AvgIpc) is 2.86. The second-order valence-corrected chi connectivity index (χ2v) is 4.66. The van der Waals surface area contributed by atoms with Gasteiger partial charge in [-0.15, -0.1) is 11.3 Å². The van der Waals surface area contributed by atoms with Crippen LogP contribution in [0.25, 0.3) is 0 Å². The summed E-state index contributed by atoms with van der Waals surface area (Å²) in [6.45, 7) is 1.21. The van der Waals surface area contributed by atoms with Gasteiger partial charge in [0.1, 0.15) is 0 Å². The Morgan fingerprint density at radius 1 is 1.50 bits per heavy atom. The zero-order chi connectivity index (χ0) is 9.80. The number of hydrogen-bond acceptors (Lipinski definition) is 3. The van der Waals surface area contributed by atoms with Crippen LogP contribution in [-0.4, -0.2) is 17.8 Å². The minimum atomic E-state index is 0.272. The molecule has 2 atom stereocenters. The topological polar surface area (TPSA) is 32.3 Å². The second kappa shape index (κ2) is 4.73. The molecule has 0 spiro atoms. The lowest BCUT2D eigenvalue weighted by atomic mass is 10.1. The van der Waals surface area contributed by atoms with Crippen molar-refractivity contribution in [3.63, 3.8) is 0 Å². The van der Waals surface area contributed by atoms with Gasteiger partial charge in [0.25, 0.3) is 0 Å². The molecule has 1 heterocycles. The van der Waals surface area contributed by atoms with Gasteiger partial charge in [-0.1, -0.05) is 18.2 Å². The van der Waals surface area contributed by atoms with E-state index in [0.29, 0.717) is 12.0 Å². The molecule has 14 heavy (non-hydrogen) atoms. The highest BCUT2D eigenvalue weighted by Gasteiger charge is 2.17. The van der Waals surface area contributed by atoms with Crippen LogP contribution in [0.15, 0.2) is 29.7 Å². The Bertz CT molecular complexity index is 294. The molecule has 0 radical (unpaired) electrons. The van der Waals surface area contributed by atoms with E-state index in [2.05, 4.69) is 35.0 Å². The molecule has 0 bridgehead atoms.